The molecule has 0 heterocycles. The van der Waals surface area contributed by atoms with Gasteiger partial charge in [-0.15, -0.1) is 0 Å². The molecule has 0 aliphatic carbocycles. The second-order valence-electron chi connectivity index (χ2n) is 9.94. The van der Waals surface area contributed by atoms with Gasteiger partial charge in [0.05, 0.1) is 19.1 Å². The van der Waals surface area contributed by atoms with Gasteiger partial charge in [-0.25, -0.2) is 8.42 Å². The van der Waals surface area contributed by atoms with Gasteiger partial charge in [0.15, 0.2) is 0 Å². The quantitative estimate of drug-likeness (QED) is 0.333. The van der Waals surface area contributed by atoms with Gasteiger partial charge in [0.1, 0.15) is 18.3 Å². The van der Waals surface area contributed by atoms with Gasteiger partial charge < -0.3 is 15.0 Å². The Labute approximate surface area is 238 Å². The molecule has 0 saturated carbocycles. The van der Waals surface area contributed by atoms with Crippen LogP contribution in [0.2, 0.25) is 0 Å². The first kappa shape index (κ1) is 30.7. The van der Waals surface area contributed by atoms with E-state index in [-0.39, 0.29) is 24.9 Å². The van der Waals surface area contributed by atoms with Crippen molar-refractivity contribution in [2.45, 2.75) is 52.2 Å². The zero-order valence-electron chi connectivity index (χ0n) is 23.8. The fourth-order valence-corrected chi connectivity index (χ4v) is 5.18. The maximum absolute atomic E-state index is 14.1. The summed E-state index contributed by atoms with van der Waals surface area (Å²) in [5.41, 5.74) is 3.07. The summed E-state index contributed by atoms with van der Waals surface area (Å²) < 4.78 is 32.0. The van der Waals surface area contributed by atoms with Gasteiger partial charge in [-0.3, -0.25) is 13.9 Å². The van der Waals surface area contributed by atoms with Crippen molar-refractivity contribution in [2.75, 3.05) is 24.2 Å². The van der Waals surface area contributed by atoms with Crippen LogP contribution in [0.15, 0.2) is 78.9 Å². The molecule has 0 aliphatic heterocycles. The van der Waals surface area contributed by atoms with Crippen molar-refractivity contribution in [3.8, 4) is 5.75 Å². The molecule has 3 aromatic carbocycles. The van der Waals surface area contributed by atoms with E-state index >= 15 is 0 Å². The summed E-state index contributed by atoms with van der Waals surface area (Å²) in [7, 11) is -2.31. The lowest BCUT2D eigenvalue weighted by Gasteiger charge is -2.34. The van der Waals surface area contributed by atoms with Crippen LogP contribution >= 0.6 is 0 Å². The highest BCUT2D eigenvalue weighted by atomic mass is 32.2. The van der Waals surface area contributed by atoms with Gasteiger partial charge in [-0.2, -0.15) is 0 Å². The second kappa shape index (κ2) is 14.0. The Balaban J connectivity index is 2.06. The van der Waals surface area contributed by atoms with Gasteiger partial charge in [0.2, 0.25) is 21.8 Å². The third kappa shape index (κ3) is 8.32. The maximum Gasteiger partial charge on any atom is 0.244 e. The number of nitrogens with one attached hydrogen (secondary N) is 1. The van der Waals surface area contributed by atoms with Gasteiger partial charge in [0, 0.05) is 19.0 Å². The van der Waals surface area contributed by atoms with E-state index in [9.17, 15) is 18.0 Å². The highest BCUT2D eigenvalue weighted by molar-refractivity contribution is 7.92. The first-order valence-electron chi connectivity index (χ1n) is 13.3. The molecule has 0 bridgehead atoms. The molecule has 0 spiro atoms. The highest BCUT2D eigenvalue weighted by Crippen LogP contribution is 2.23. The maximum atomic E-state index is 14.1. The van der Waals surface area contributed by atoms with E-state index < -0.39 is 28.5 Å². The molecule has 2 amide bonds. The Hall–Kier alpha value is -3.85. The summed E-state index contributed by atoms with van der Waals surface area (Å²) in [4.78, 5) is 29.3. The molecule has 214 valence electrons. The van der Waals surface area contributed by atoms with E-state index in [1.165, 1.54) is 12.0 Å². The van der Waals surface area contributed by atoms with Gasteiger partial charge in [-0.1, -0.05) is 61.5 Å². The number of aryl methyl sites for hydroxylation is 1. The number of hydrogen-bond donors (Lipinski definition) is 1. The lowest BCUT2D eigenvalue weighted by molar-refractivity contribution is -0.140. The summed E-state index contributed by atoms with van der Waals surface area (Å²) in [6.45, 7) is 5.53. The second-order valence-corrected chi connectivity index (χ2v) is 11.8. The summed E-state index contributed by atoms with van der Waals surface area (Å²) in [5.74, 6) is -0.199. The first-order chi connectivity index (χ1) is 19.0. The molecule has 8 nitrogen and oxygen atoms in total. The van der Waals surface area contributed by atoms with E-state index in [1.807, 2.05) is 75.4 Å². The average Bonchev–Trinajstić information content (AvgIpc) is 2.94. The molecule has 40 heavy (non-hydrogen) atoms. The Morgan fingerprint density at radius 3 is 2.15 bits per heavy atom. The molecule has 0 unspecified atom stereocenters. The number of hydrogen-bond acceptors (Lipinski definition) is 5. The highest BCUT2D eigenvalue weighted by Gasteiger charge is 2.33. The minimum atomic E-state index is -3.83. The van der Waals surface area contributed by atoms with E-state index in [4.69, 9.17) is 4.74 Å². The van der Waals surface area contributed by atoms with Crippen molar-refractivity contribution in [1.82, 2.24) is 10.2 Å². The number of rotatable bonds is 13. The molecule has 0 fully saturated rings. The summed E-state index contributed by atoms with van der Waals surface area (Å²) in [5, 5.41) is 3.03. The van der Waals surface area contributed by atoms with Crippen LogP contribution < -0.4 is 14.4 Å². The Morgan fingerprint density at radius 1 is 0.950 bits per heavy atom. The summed E-state index contributed by atoms with van der Waals surface area (Å²) in [6, 6.07) is 22.7. The molecule has 0 radical (unpaired) electrons. The molecule has 1 N–H and O–H groups in total. The van der Waals surface area contributed by atoms with Crippen LogP contribution in [0.1, 0.15) is 37.0 Å². The van der Waals surface area contributed by atoms with Crippen LogP contribution in [0.4, 0.5) is 5.69 Å². The summed E-state index contributed by atoms with van der Waals surface area (Å²) >= 11 is 0. The molecule has 0 aromatic heterocycles. The predicted molar refractivity (Wildman–Crippen MR) is 159 cm³/mol. The normalized spacial score (nSPS) is 12.7. The van der Waals surface area contributed by atoms with Crippen molar-refractivity contribution >= 4 is 27.5 Å². The molecule has 0 saturated heterocycles. The Morgan fingerprint density at radius 2 is 1.57 bits per heavy atom. The van der Waals surface area contributed by atoms with E-state index in [1.54, 1.807) is 24.3 Å². The standard InChI is InChI=1S/C31H39N3O5S/c1-6-24(3)32-31(36)29(20-25-13-8-7-9-14-25)33(21-26-15-11-10-12-23(26)2)30(35)22-34(40(5,37)38)27-16-18-28(39-4)19-17-27/h7-19,24,29H,6,20-22H2,1-5H3,(H,32,36)/t24-,29-/m0/s1. The fraction of sp³-hybridized carbons (Fsp3) is 0.355. The smallest absolute Gasteiger partial charge is 0.244 e. The van der Waals surface area contributed by atoms with Crippen LogP contribution in [0.3, 0.4) is 0 Å². The lowest BCUT2D eigenvalue weighted by Crippen LogP contribution is -2.54. The van der Waals surface area contributed by atoms with Crippen molar-refractivity contribution in [2.24, 2.45) is 0 Å². The van der Waals surface area contributed by atoms with Crippen molar-refractivity contribution in [1.29, 1.82) is 0 Å². The molecular weight excluding hydrogens is 526 g/mol. The number of carbonyl (C=O) groups excluding carboxylic acids is 2. The number of nitrogens with zero attached hydrogens (tertiary/aromatic N) is 2. The molecule has 3 rings (SSSR count). The Bertz CT molecular complexity index is 1380. The molecule has 3 aromatic rings. The van der Waals surface area contributed by atoms with Crippen LogP contribution in [0.5, 0.6) is 5.75 Å². The fourth-order valence-electron chi connectivity index (χ4n) is 4.33. The number of benzene rings is 3. The number of carbonyl (C=O) groups is 2. The van der Waals surface area contributed by atoms with Crippen LogP contribution in [0.25, 0.3) is 0 Å². The monoisotopic (exact) mass is 565 g/mol. The number of methoxy groups -OCH3 is 1. The van der Waals surface area contributed by atoms with Crippen molar-refractivity contribution in [3.63, 3.8) is 0 Å². The minimum absolute atomic E-state index is 0.0898. The van der Waals surface area contributed by atoms with Gasteiger partial charge in [0.25, 0.3) is 0 Å². The largest absolute Gasteiger partial charge is 0.497 e. The lowest BCUT2D eigenvalue weighted by atomic mass is 10.0. The SMILES string of the molecule is CC[C@H](C)NC(=O)[C@H](Cc1ccccc1)N(Cc1ccccc1C)C(=O)CN(c1ccc(OC)cc1)S(C)(=O)=O. The topological polar surface area (TPSA) is 96.0 Å². The van der Waals surface area contributed by atoms with Crippen molar-refractivity contribution in [3.05, 3.63) is 95.6 Å². The first-order valence-corrected chi connectivity index (χ1v) is 15.2. The van der Waals surface area contributed by atoms with E-state index in [0.29, 0.717) is 11.4 Å². The molecule has 2 atom stereocenters. The minimum Gasteiger partial charge on any atom is -0.497 e. The number of sulfonamides is 1. The number of anilines is 1. The van der Waals surface area contributed by atoms with Crippen molar-refractivity contribution < 1.29 is 22.7 Å². The van der Waals surface area contributed by atoms with Crippen LogP contribution in [-0.2, 0) is 32.6 Å². The number of amides is 2. The third-order valence-electron chi connectivity index (χ3n) is 6.91. The van der Waals surface area contributed by atoms with Crippen LogP contribution in [0, 0.1) is 6.92 Å². The van der Waals surface area contributed by atoms with Gasteiger partial charge >= 0.3 is 0 Å². The predicted octanol–water partition coefficient (Wildman–Crippen LogP) is 4.32. The average molecular weight is 566 g/mol. The Kier molecular flexibility index (Phi) is 10.7. The van der Waals surface area contributed by atoms with E-state index in [0.717, 1.165) is 33.7 Å². The molecule has 9 heteroatoms. The van der Waals surface area contributed by atoms with Crippen LogP contribution in [-0.4, -0.2) is 57.1 Å². The zero-order chi connectivity index (χ0) is 29.3. The molecule has 0 aliphatic rings. The van der Waals surface area contributed by atoms with Gasteiger partial charge in [-0.05, 0) is 61.2 Å². The number of ether oxygens (including phenoxy) is 1. The van der Waals surface area contributed by atoms with E-state index in [2.05, 4.69) is 5.32 Å². The third-order valence-corrected chi connectivity index (χ3v) is 8.05. The summed E-state index contributed by atoms with van der Waals surface area (Å²) in [6.07, 6.45) is 2.07. The molecular formula is C31H39N3O5S. The zero-order valence-corrected chi connectivity index (χ0v) is 24.6.